The maximum absolute atomic E-state index is 6.13. The lowest BCUT2D eigenvalue weighted by molar-refractivity contribution is 0.528. The summed E-state index contributed by atoms with van der Waals surface area (Å²) < 4.78 is 7.79. The zero-order valence-corrected chi connectivity index (χ0v) is 13.1. The number of nitrogens with zero attached hydrogens (tertiary/aromatic N) is 5. The van der Waals surface area contributed by atoms with E-state index in [1.54, 1.807) is 24.2 Å². The molecule has 0 unspecified atom stereocenters. The Morgan fingerprint density at radius 3 is 2.91 bits per heavy atom. The Kier molecular flexibility index (Phi) is 3.59. The van der Waals surface area contributed by atoms with Crippen molar-refractivity contribution in [2.24, 2.45) is 0 Å². The van der Waals surface area contributed by atoms with Crippen LogP contribution in [0.1, 0.15) is 24.8 Å². The van der Waals surface area contributed by atoms with Gasteiger partial charge in [-0.3, -0.25) is 0 Å². The molecular formula is C14H12ClN5OS. The van der Waals surface area contributed by atoms with Gasteiger partial charge in [0.2, 0.25) is 11.8 Å². The van der Waals surface area contributed by atoms with Crippen LogP contribution in [0.5, 0.6) is 0 Å². The summed E-state index contributed by atoms with van der Waals surface area (Å²) >= 11 is 7.68. The quantitative estimate of drug-likeness (QED) is 0.664. The first-order valence-corrected chi connectivity index (χ1v) is 8.27. The van der Waals surface area contributed by atoms with Crippen molar-refractivity contribution < 1.29 is 4.42 Å². The van der Waals surface area contributed by atoms with Crippen molar-refractivity contribution in [2.45, 2.75) is 29.8 Å². The maximum atomic E-state index is 6.13. The minimum Gasteiger partial charge on any atom is -0.420 e. The monoisotopic (exact) mass is 333 g/mol. The molecule has 0 N–H and O–H groups in total. The van der Waals surface area contributed by atoms with E-state index in [2.05, 4.69) is 25.0 Å². The van der Waals surface area contributed by atoms with Crippen LogP contribution in [-0.2, 0) is 5.75 Å². The maximum Gasteiger partial charge on any atom is 0.249 e. The summed E-state index contributed by atoms with van der Waals surface area (Å²) in [5.74, 6) is 1.54. The Morgan fingerprint density at radius 2 is 2.09 bits per heavy atom. The molecule has 0 spiro atoms. The molecule has 0 atom stereocenters. The largest absolute Gasteiger partial charge is 0.420 e. The van der Waals surface area contributed by atoms with Crippen LogP contribution in [0.15, 0.2) is 40.2 Å². The summed E-state index contributed by atoms with van der Waals surface area (Å²) in [6.07, 6.45) is 4.18. The van der Waals surface area contributed by atoms with E-state index in [1.165, 1.54) is 12.8 Å². The number of benzene rings is 1. The van der Waals surface area contributed by atoms with Gasteiger partial charge in [0.1, 0.15) is 6.33 Å². The zero-order chi connectivity index (χ0) is 14.9. The van der Waals surface area contributed by atoms with Gasteiger partial charge in [-0.2, -0.15) is 0 Å². The summed E-state index contributed by atoms with van der Waals surface area (Å²) in [7, 11) is 0. The van der Waals surface area contributed by atoms with E-state index in [9.17, 15) is 0 Å². The van der Waals surface area contributed by atoms with Crippen molar-refractivity contribution in [1.82, 2.24) is 25.0 Å². The highest BCUT2D eigenvalue weighted by Gasteiger charge is 2.26. The molecule has 22 heavy (non-hydrogen) atoms. The Morgan fingerprint density at radius 1 is 1.23 bits per heavy atom. The van der Waals surface area contributed by atoms with Crippen molar-refractivity contribution in [3.63, 3.8) is 0 Å². The van der Waals surface area contributed by atoms with Gasteiger partial charge in [0, 0.05) is 6.04 Å². The molecule has 1 fully saturated rings. The Labute approximate surface area is 135 Å². The van der Waals surface area contributed by atoms with Crippen LogP contribution < -0.4 is 0 Å². The molecule has 3 aromatic rings. The highest BCUT2D eigenvalue weighted by molar-refractivity contribution is 7.98. The summed E-state index contributed by atoms with van der Waals surface area (Å²) in [6, 6.07) is 7.96. The van der Waals surface area contributed by atoms with E-state index < -0.39 is 0 Å². The first kappa shape index (κ1) is 13.8. The highest BCUT2D eigenvalue weighted by Crippen LogP contribution is 2.37. The molecule has 4 rings (SSSR count). The number of halogens is 1. The van der Waals surface area contributed by atoms with Crippen molar-refractivity contribution >= 4 is 23.4 Å². The second kappa shape index (κ2) is 5.73. The van der Waals surface area contributed by atoms with Crippen molar-refractivity contribution in [3.8, 4) is 11.5 Å². The van der Waals surface area contributed by atoms with E-state index in [1.807, 2.05) is 18.2 Å². The van der Waals surface area contributed by atoms with Gasteiger partial charge < -0.3 is 8.98 Å². The molecular weight excluding hydrogens is 322 g/mol. The van der Waals surface area contributed by atoms with Gasteiger partial charge in [-0.15, -0.1) is 20.4 Å². The van der Waals surface area contributed by atoms with Crippen LogP contribution in [0.4, 0.5) is 0 Å². The third-order valence-electron chi connectivity index (χ3n) is 3.38. The predicted molar refractivity (Wildman–Crippen MR) is 82.6 cm³/mol. The summed E-state index contributed by atoms with van der Waals surface area (Å²) in [5, 5.41) is 17.7. The second-order valence-electron chi connectivity index (χ2n) is 5.02. The molecule has 1 saturated carbocycles. The third kappa shape index (κ3) is 2.74. The van der Waals surface area contributed by atoms with Gasteiger partial charge >= 0.3 is 0 Å². The Balaban J connectivity index is 1.48. The minimum atomic E-state index is 0.435. The van der Waals surface area contributed by atoms with Crippen LogP contribution in [0.2, 0.25) is 5.02 Å². The molecule has 0 saturated heterocycles. The third-order valence-corrected chi connectivity index (χ3v) is 4.65. The fourth-order valence-corrected chi connectivity index (χ4v) is 3.16. The molecule has 2 heterocycles. The molecule has 6 nitrogen and oxygen atoms in total. The number of rotatable bonds is 5. The number of hydrogen-bond acceptors (Lipinski definition) is 6. The molecule has 8 heteroatoms. The van der Waals surface area contributed by atoms with Crippen LogP contribution in [-0.4, -0.2) is 25.0 Å². The van der Waals surface area contributed by atoms with Crippen LogP contribution in [0, 0.1) is 0 Å². The topological polar surface area (TPSA) is 69.6 Å². The van der Waals surface area contributed by atoms with Gasteiger partial charge in [-0.1, -0.05) is 35.5 Å². The van der Waals surface area contributed by atoms with Crippen molar-refractivity contribution in [2.75, 3.05) is 0 Å². The molecule has 1 aromatic carbocycles. The molecule has 0 radical (unpaired) electrons. The first-order chi connectivity index (χ1) is 10.8. The summed E-state index contributed by atoms with van der Waals surface area (Å²) in [4.78, 5) is 0. The highest BCUT2D eigenvalue weighted by atomic mass is 35.5. The van der Waals surface area contributed by atoms with E-state index in [4.69, 9.17) is 16.0 Å². The van der Waals surface area contributed by atoms with Crippen molar-refractivity contribution in [3.05, 3.63) is 41.5 Å². The van der Waals surface area contributed by atoms with E-state index >= 15 is 0 Å². The first-order valence-electron chi connectivity index (χ1n) is 6.91. The molecule has 2 aromatic heterocycles. The van der Waals surface area contributed by atoms with E-state index in [-0.39, 0.29) is 0 Å². The number of hydrogen-bond donors (Lipinski definition) is 0. The zero-order valence-electron chi connectivity index (χ0n) is 11.5. The normalized spacial score (nSPS) is 14.4. The molecule has 0 bridgehead atoms. The van der Waals surface area contributed by atoms with E-state index in [0.717, 1.165) is 10.7 Å². The lowest BCUT2D eigenvalue weighted by Crippen LogP contribution is -1.94. The average molecular weight is 334 g/mol. The minimum absolute atomic E-state index is 0.435. The van der Waals surface area contributed by atoms with Gasteiger partial charge in [0.25, 0.3) is 0 Å². The van der Waals surface area contributed by atoms with Gasteiger partial charge in [-0.25, -0.2) is 0 Å². The van der Waals surface area contributed by atoms with Crippen LogP contribution >= 0.6 is 23.4 Å². The van der Waals surface area contributed by atoms with Crippen molar-refractivity contribution in [1.29, 1.82) is 0 Å². The van der Waals surface area contributed by atoms with Crippen LogP contribution in [0.3, 0.4) is 0 Å². The summed E-state index contributed by atoms with van der Waals surface area (Å²) in [5.41, 5.74) is 0.745. The fraction of sp³-hybridized carbons (Fsp3) is 0.286. The fourth-order valence-electron chi connectivity index (χ4n) is 2.12. The summed E-state index contributed by atoms with van der Waals surface area (Å²) in [6.45, 7) is 0. The number of thioether (sulfide) groups is 1. The lowest BCUT2D eigenvalue weighted by Gasteiger charge is -2.01. The second-order valence-corrected chi connectivity index (χ2v) is 6.37. The van der Waals surface area contributed by atoms with Gasteiger partial charge in [0.15, 0.2) is 5.16 Å². The predicted octanol–water partition coefficient (Wildman–Crippen LogP) is 3.61. The molecule has 1 aliphatic rings. The molecule has 0 aliphatic heterocycles. The smallest absolute Gasteiger partial charge is 0.249 e. The molecule has 1 aliphatic carbocycles. The molecule has 0 amide bonds. The standard InChI is InChI=1S/C14H12ClN5OS/c15-11-4-2-1-3-10(11)13-18-17-12(21-13)7-22-14-19-16-8-20(14)9-5-6-9/h1-4,8-9H,5-7H2. The SMILES string of the molecule is Clc1ccccc1-c1nnc(CSc2nncn2C2CC2)o1. The van der Waals surface area contributed by atoms with Crippen LogP contribution in [0.25, 0.3) is 11.5 Å². The lowest BCUT2D eigenvalue weighted by atomic mass is 10.2. The number of aromatic nitrogens is 5. The van der Waals surface area contributed by atoms with Gasteiger partial charge in [0.05, 0.1) is 16.3 Å². The van der Waals surface area contributed by atoms with E-state index in [0.29, 0.717) is 28.6 Å². The molecule has 112 valence electrons. The van der Waals surface area contributed by atoms with Gasteiger partial charge in [-0.05, 0) is 25.0 Å². The Bertz CT molecular complexity index is 798. The Hall–Kier alpha value is -1.86. The average Bonchev–Trinajstić information content (AvgIpc) is 3.09.